The second-order valence-electron chi connectivity index (χ2n) is 5.61. The zero-order valence-electron chi connectivity index (χ0n) is 12.2. The predicted molar refractivity (Wildman–Crippen MR) is 86.8 cm³/mol. The van der Waals surface area contributed by atoms with Crippen LogP contribution in [0.1, 0.15) is 32.6 Å². The van der Waals surface area contributed by atoms with E-state index in [0.29, 0.717) is 0 Å². The van der Waals surface area contributed by atoms with Crippen LogP contribution >= 0.6 is 11.3 Å². The third-order valence-electron chi connectivity index (χ3n) is 3.96. The van der Waals surface area contributed by atoms with Crippen molar-refractivity contribution in [2.24, 2.45) is 5.92 Å². The summed E-state index contributed by atoms with van der Waals surface area (Å²) in [5.41, 5.74) is 0. The topological polar surface area (TPSA) is 41.1 Å². The Kier molecular flexibility index (Phi) is 4.05. The Balaban J connectivity index is 1.87. The van der Waals surface area contributed by atoms with Crippen LogP contribution in [0.15, 0.2) is 11.4 Å². The minimum absolute atomic E-state index is 0.761. The van der Waals surface area contributed by atoms with Gasteiger partial charge in [-0.1, -0.05) is 13.3 Å². The van der Waals surface area contributed by atoms with Crippen molar-refractivity contribution in [3.63, 3.8) is 0 Å². The number of hydrogen-bond acceptors (Lipinski definition) is 5. The fourth-order valence-electron chi connectivity index (χ4n) is 2.60. The summed E-state index contributed by atoms with van der Waals surface area (Å²) in [7, 11) is 2.15. The van der Waals surface area contributed by atoms with Gasteiger partial charge >= 0.3 is 0 Å². The molecule has 4 nitrogen and oxygen atoms in total. The fourth-order valence-corrected chi connectivity index (χ4v) is 3.35. The SMILES string of the molecule is CCCNc1nc(N(C)CC2CCC2)c2ccsc2n1. The monoisotopic (exact) mass is 290 g/mol. The third-order valence-corrected chi connectivity index (χ3v) is 4.76. The van der Waals surface area contributed by atoms with Gasteiger partial charge in [-0.15, -0.1) is 11.3 Å². The van der Waals surface area contributed by atoms with Gasteiger partial charge in [-0.25, -0.2) is 4.98 Å². The van der Waals surface area contributed by atoms with Gasteiger partial charge in [0.2, 0.25) is 5.95 Å². The Morgan fingerprint density at radius 3 is 2.95 bits per heavy atom. The van der Waals surface area contributed by atoms with Crippen molar-refractivity contribution in [3.8, 4) is 0 Å². The molecule has 20 heavy (non-hydrogen) atoms. The Morgan fingerprint density at radius 2 is 2.25 bits per heavy atom. The van der Waals surface area contributed by atoms with E-state index in [9.17, 15) is 0 Å². The molecule has 0 bridgehead atoms. The Bertz CT molecular complexity index is 576. The molecule has 0 saturated heterocycles. The summed E-state index contributed by atoms with van der Waals surface area (Å²) in [5.74, 6) is 2.68. The van der Waals surface area contributed by atoms with Crippen LogP contribution < -0.4 is 10.2 Å². The lowest BCUT2D eigenvalue weighted by atomic mass is 9.85. The molecule has 1 saturated carbocycles. The average molecular weight is 290 g/mol. The van der Waals surface area contributed by atoms with Crippen molar-refractivity contribution in [2.45, 2.75) is 32.6 Å². The fraction of sp³-hybridized carbons (Fsp3) is 0.600. The van der Waals surface area contributed by atoms with Crippen LogP contribution in [0.2, 0.25) is 0 Å². The number of nitrogens with zero attached hydrogens (tertiary/aromatic N) is 3. The minimum Gasteiger partial charge on any atom is -0.359 e. The highest BCUT2D eigenvalue weighted by Gasteiger charge is 2.21. The largest absolute Gasteiger partial charge is 0.359 e. The first-order valence-corrected chi connectivity index (χ1v) is 8.36. The highest BCUT2D eigenvalue weighted by atomic mass is 32.1. The zero-order chi connectivity index (χ0) is 13.9. The molecular formula is C15H22N4S. The van der Waals surface area contributed by atoms with E-state index in [2.05, 4.69) is 40.6 Å². The molecule has 0 aliphatic heterocycles. The van der Waals surface area contributed by atoms with E-state index in [-0.39, 0.29) is 0 Å². The van der Waals surface area contributed by atoms with E-state index in [1.165, 1.54) is 24.6 Å². The summed E-state index contributed by atoms with van der Waals surface area (Å²) in [6, 6.07) is 2.14. The molecule has 0 unspecified atom stereocenters. The molecule has 1 aliphatic rings. The maximum atomic E-state index is 4.73. The molecular weight excluding hydrogens is 268 g/mol. The van der Waals surface area contributed by atoms with Gasteiger partial charge in [0.05, 0.1) is 5.39 Å². The standard InChI is InChI=1S/C15H22N4S/c1-3-8-16-15-17-13(12-7-9-20-14(12)18-15)19(2)10-11-5-4-6-11/h7,9,11H,3-6,8,10H2,1-2H3,(H,16,17,18). The molecule has 1 N–H and O–H groups in total. The van der Waals surface area contributed by atoms with E-state index in [0.717, 1.165) is 42.0 Å². The van der Waals surface area contributed by atoms with Crippen molar-refractivity contribution >= 4 is 33.3 Å². The Hall–Kier alpha value is -1.36. The molecule has 0 radical (unpaired) electrons. The second-order valence-corrected chi connectivity index (χ2v) is 6.51. The predicted octanol–water partition coefficient (Wildman–Crippen LogP) is 3.75. The average Bonchev–Trinajstić information content (AvgIpc) is 2.87. The number of fused-ring (bicyclic) bond motifs is 1. The number of hydrogen-bond donors (Lipinski definition) is 1. The van der Waals surface area contributed by atoms with Crippen LogP contribution in [0.3, 0.4) is 0 Å². The summed E-state index contributed by atoms with van der Waals surface area (Å²) in [5, 5.41) is 6.59. The number of nitrogens with one attached hydrogen (secondary N) is 1. The number of aromatic nitrogens is 2. The smallest absolute Gasteiger partial charge is 0.226 e. The van der Waals surface area contributed by atoms with Crippen LogP contribution in [0.5, 0.6) is 0 Å². The normalized spacial score (nSPS) is 15.3. The van der Waals surface area contributed by atoms with Crippen LogP contribution in [0.25, 0.3) is 10.2 Å². The van der Waals surface area contributed by atoms with Crippen LogP contribution in [-0.2, 0) is 0 Å². The van der Waals surface area contributed by atoms with Gasteiger partial charge < -0.3 is 10.2 Å². The van der Waals surface area contributed by atoms with E-state index >= 15 is 0 Å². The van der Waals surface area contributed by atoms with Crippen molar-refractivity contribution in [1.29, 1.82) is 0 Å². The summed E-state index contributed by atoms with van der Waals surface area (Å²) in [6.07, 6.45) is 5.20. The van der Waals surface area contributed by atoms with Gasteiger partial charge in [-0.05, 0) is 36.6 Å². The highest BCUT2D eigenvalue weighted by molar-refractivity contribution is 7.16. The Morgan fingerprint density at radius 1 is 1.40 bits per heavy atom. The molecule has 0 atom stereocenters. The molecule has 2 aromatic rings. The van der Waals surface area contributed by atoms with Crippen LogP contribution in [0.4, 0.5) is 11.8 Å². The van der Waals surface area contributed by atoms with E-state index in [1.807, 2.05) is 0 Å². The van der Waals surface area contributed by atoms with Gasteiger partial charge in [0, 0.05) is 20.1 Å². The Labute approximate surface area is 124 Å². The first kappa shape index (κ1) is 13.6. The first-order valence-electron chi connectivity index (χ1n) is 7.48. The van der Waals surface area contributed by atoms with Gasteiger partial charge in [-0.2, -0.15) is 4.98 Å². The molecule has 0 spiro atoms. The quantitative estimate of drug-likeness (QED) is 0.879. The van der Waals surface area contributed by atoms with Crippen LogP contribution in [0, 0.1) is 5.92 Å². The number of anilines is 2. The highest BCUT2D eigenvalue weighted by Crippen LogP contribution is 2.32. The molecule has 1 aliphatic carbocycles. The second kappa shape index (κ2) is 5.95. The van der Waals surface area contributed by atoms with Crippen molar-refractivity contribution < 1.29 is 0 Å². The number of rotatable bonds is 6. The van der Waals surface area contributed by atoms with Crippen molar-refractivity contribution in [2.75, 3.05) is 30.4 Å². The third kappa shape index (κ3) is 2.73. The molecule has 1 fully saturated rings. The lowest BCUT2D eigenvalue weighted by molar-refractivity contribution is 0.321. The van der Waals surface area contributed by atoms with Gasteiger partial charge in [0.25, 0.3) is 0 Å². The minimum atomic E-state index is 0.761. The maximum absolute atomic E-state index is 4.73. The summed E-state index contributed by atoms with van der Waals surface area (Å²) >= 11 is 1.69. The molecule has 0 aromatic carbocycles. The van der Waals surface area contributed by atoms with Crippen molar-refractivity contribution in [1.82, 2.24) is 9.97 Å². The van der Waals surface area contributed by atoms with E-state index in [4.69, 9.17) is 4.98 Å². The first-order chi connectivity index (χ1) is 9.78. The number of thiophene rings is 1. The molecule has 5 heteroatoms. The summed E-state index contributed by atoms with van der Waals surface area (Å²) < 4.78 is 0. The molecule has 108 valence electrons. The van der Waals surface area contributed by atoms with Gasteiger partial charge in [0.1, 0.15) is 10.6 Å². The van der Waals surface area contributed by atoms with Crippen LogP contribution in [-0.4, -0.2) is 30.1 Å². The van der Waals surface area contributed by atoms with E-state index < -0.39 is 0 Å². The zero-order valence-corrected chi connectivity index (χ0v) is 13.0. The van der Waals surface area contributed by atoms with E-state index in [1.54, 1.807) is 11.3 Å². The lowest BCUT2D eigenvalue weighted by Gasteiger charge is -2.31. The summed E-state index contributed by atoms with van der Waals surface area (Å²) in [6.45, 7) is 4.18. The molecule has 2 aromatic heterocycles. The van der Waals surface area contributed by atoms with Gasteiger partial charge in [-0.3, -0.25) is 0 Å². The van der Waals surface area contributed by atoms with Gasteiger partial charge in [0.15, 0.2) is 0 Å². The van der Waals surface area contributed by atoms with Crippen molar-refractivity contribution in [3.05, 3.63) is 11.4 Å². The molecule has 3 rings (SSSR count). The lowest BCUT2D eigenvalue weighted by Crippen LogP contribution is -2.30. The summed E-state index contributed by atoms with van der Waals surface area (Å²) in [4.78, 5) is 12.7. The molecule has 2 heterocycles. The maximum Gasteiger partial charge on any atom is 0.226 e. The molecule has 0 amide bonds.